The number of fused-ring (bicyclic) bond motifs is 5. The summed E-state index contributed by atoms with van der Waals surface area (Å²) in [4.78, 5) is 17.1. The Hall–Kier alpha value is -1.64. The van der Waals surface area contributed by atoms with Gasteiger partial charge in [-0.15, -0.1) is 0 Å². The summed E-state index contributed by atoms with van der Waals surface area (Å²) >= 11 is 0. The van der Waals surface area contributed by atoms with Gasteiger partial charge in [-0.05, 0) is 55.6 Å². The SMILES string of the molecule is O=C(O/N=C1\C[C@@H]2C[C@H]1[C@H]1CCC[C@@H]21)c1ccccc1. The molecule has 3 nitrogen and oxygen atoms in total. The quantitative estimate of drug-likeness (QED) is 0.607. The molecule has 0 amide bonds. The molecule has 0 aliphatic heterocycles. The highest BCUT2D eigenvalue weighted by Crippen LogP contribution is 2.57. The summed E-state index contributed by atoms with van der Waals surface area (Å²) in [5, 5.41) is 4.21. The lowest BCUT2D eigenvalue weighted by atomic mass is 9.81. The molecule has 0 N–H and O–H groups in total. The van der Waals surface area contributed by atoms with Gasteiger partial charge < -0.3 is 4.84 Å². The molecule has 0 heterocycles. The Kier molecular flexibility index (Phi) is 2.86. The Labute approximate surface area is 119 Å². The smallest absolute Gasteiger partial charge is 0.313 e. The first-order chi connectivity index (χ1) is 9.83. The number of nitrogens with zero attached hydrogens (tertiary/aromatic N) is 1. The second kappa shape index (κ2) is 4.72. The van der Waals surface area contributed by atoms with Crippen molar-refractivity contribution in [2.24, 2.45) is 28.8 Å². The average molecular weight is 269 g/mol. The van der Waals surface area contributed by atoms with E-state index < -0.39 is 0 Å². The van der Waals surface area contributed by atoms with Crippen molar-refractivity contribution in [1.82, 2.24) is 0 Å². The Morgan fingerprint density at radius 1 is 1.15 bits per heavy atom. The van der Waals surface area contributed by atoms with Crippen molar-refractivity contribution in [3.8, 4) is 0 Å². The molecule has 104 valence electrons. The third-order valence-corrected chi connectivity index (χ3v) is 5.46. The van der Waals surface area contributed by atoms with Gasteiger partial charge in [-0.25, -0.2) is 4.79 Å². The fraction of sp³-hybridized carbons (Fsp3) is 0.529. The van der Waals surface area contributed by atoms with Gasteiger partial charge in [-0.2, -0.15) is 0 Å². The standard InChI is InChI=1S/C17H19NO2/c19-17(11-5-2-1-3-6-11)20-18-16-10-12-9-15(16)14-8-4-7-13(12)14/h1-3,5-6,12-15H,4,7-10H2/b18-16+/t12-,13-,14-,15-/m0/s1. The predicted octanol–water partition coefficient (Wildman–Crippen LogP) is 3.66. The van der Waals surface area contributed by atoms with Gasteiger partial charge in [0.25, 0.3) is 0 Å². The molecule has 2 bridgehead atoms. The zero-order valence-corrected chi connectivity index (χ0v) is 11.5. The lowest BCUT2D eigenvalue weighted by molar-refractivity contribution is 0.0511. The zero-order valence-electron chi connectivity index (χ0n) is 11.5. The fourth-order valence-electron chi connectivity index (χ4n) is 4.65. The summed E-state index contributed by atoms with van der Waals surface area (Å²) in [6, 6.07) is 9.08. The van der Waals surface area contributed by atoms with Gasteiger partial charge >= 0.3 is 5.97 Å². The van der Waals surface area contributed by atoms with Crippen molar-refractivity contribution in [1.29, 1.82) is 0 Å². The first kappa shape index (κ1) is 12.1. The predicted molar refractivity (Wildman–Crippen MR) is 76.3 cm³/mol. The molecule has 3 heteroatoms. The van der Waals surface area contributed by atoms with Crippen LogP contribution in [0.15, 0.2) is 35.5 Å². The van der Waals surface area contributed by atoms with Crippen LogP contribution in [0.3, 0.4) is 0 Å². The zero-order chi connectivity index (χ0) is 13.5. The van der Waals surface area contributed by atoms with E-state index in [0.717, 1.165) is 29.9 Å². The van der Waals surface area contributed by atoms with Crippen molar-refractivity contribution in [2.75, 3.05) is 0 Å². The molecular formula is C17H19NO2. The Morgan fingerprint density at radius 3 is 2.80 bits per heavy atom. The second-order valence-electron chi connectivity index (χ2n) is 6.39. The number of hydrogen-bond acceptors (Lipinski definition) is 3. The summed E-state index contributed by atoms with van der Waals surface area (Å²) in [5.74, 6) is 2.81. The summed E-state index contributed by atoms with van der Waals surface area (Å²) in [6.45, 7) is 0. The van der Waals surface area contributed by atoms with E-state index in [4.69, 9.17) is 4.84 Å². The van der Waals surface area contributed by atoms with Crippen LogP contribution in [-0.2, 0) is 4.84 Å². The number of oxime groups is 1. The first-order valence-corrected chi connectivity index (χ1v) is 7.66. The topological polar surface area (TPSA) is 38.7 Å². The van der Waals surface area contributed by atoms with Crippen LogP contribution in [0.4, 0.5) is 0 Å². The molecule has 3 aliphatic rings. The van der Waals surface area contributed by atoms with Gasteiger partial charge in [0.2, 0.25) is 0 Å². The Bertz CT molecular complexity index is 551. The maximum Gasteiger partial charge on any atom is 0.365 e. The van der Waals surface area contributed by atoms with Crippen molar-refractivity contribution in [3.05, 3.63) is 35.9 Å². The maximum atomic E-state index is 11.9. The van der Waals surface area contributed by atoms with E-state index in [9.17, 15) is 4.79 Å². The van der Waals surface area contributed by atoms with Gasteiger partial charge in [0.1, 0.15) is 0 Å². The molecule has 1 aromatic carbocycles. The van der Waals surface area contributed by atoms with E-state index >= 15 is 0 Å². The maximum absolute atomic E-state index is 11.9. The minimum atomic E-state index is -0.344. The number of rotatable bonds is 2. The van der Waals surface area contributed by atoms with E-state index in [1.165, 1.54) is 25.7 Å². The molecule has 4 atom stereocenters. The summed E-state index contributed by atoms with van der Waals surface area (Å²) in [5.41, 5.74) is 1.71. The van der Waals surface area contributed by atoms with E-state index in [2.05, 4.69) is 5.16 Å². The minimum Gasteiger partial charge on any atom is -0.313 e. The molecule has 0 saturated heterocycles. The highest BCUT2D eigenvalue weighted by atomic mass is 16.7. The third-order valence-electron chi connectivity index (χ3n) is 5.46. The Balaban J connectivity index is 1.46. The van der Waals surface area contributed by atoms with Crippen molar-refractivity contribution in [3.63, 3.8) is 0 Å². The molecular weight excluding hydrogens is 250 g/mol. The van der Waals surface area contributed by atoms with Gasteiger partial charge in [0.05, 0.1) is 11.3 Å². The molecule has 3 fully saturated rings. The van der Waals surface area contributed by atoms with Crippen molar-refractivity contribution >= 4 is 11.7 Å². The molecule has 3 saturated carbocycles. The minimum absolute atomic E-state index is 0.344. The van der Waals surface area contributed by atoms with Crippen LogP contribution in [0.2, 0.25) is 0 Å². The van der Waals surface area contributed by atoms with Crippen molar-refractivity contribution < 1.29 is 9.63 Å². The monoisotopic (exact) mass is 269 g/mol. The number of hydrogen-bond donors (Lipinski definition) is 0. The summed E-state index contributed by atoms with van der Waals surface area (Å²) in [6.07, 6.45) is 6.45. The fourth-order valence-corrected chi connectivity index (χ4v) is 4.65. The van der Waals surface area contributed by atoms with Crippen LogP contribution in [0, 0.1) is 23.7 Å². The highest BCUT2D eigenvalue weighted by molar-refractivity contribution is 5.93. The molecule has 0 spiro atoms. The molecule has 1 aromatic rings. The second-order valence-corrected chi connectivity index (χ2v) is 6.39. The lowest BCUT2D eigenvalue weighted by Gasteiger charge is -2.25. The number of benzene rings is 1. The van der Waals surface area contributed by atoms with E-state index in [1.807, 2.05) is 18.2 Å². The normalized spacial score (nSPS) is 36.3. The lowest BCUT2D eigenvalue weighted by Crippen LogP contribution is -2.24. The number of carbonyl (C=O) groups excluding carboxylic acids is 1. The van der Waals surface area contributed by atoms with Gasteiger partial charge in [-0.1, -0.05) is 29.8 Å². The summed E-state index contributed by atoms with van der Waals surface area (Å²) < 4.78 is 0. The van der Waals surface area contributed by atoms with Gasteiger partial charge in [0.15, 0.2) is 0 Å². The van der Waals surface area contributed by atoms with E-state index in [-0.39, 0.29) is 5.97 Å². The Morgan fingerprint density at radius 2 is 1.95 bits per heavy atom. The van der Waals surface area contributed by atoms with Crippen LogP contribution in [0.1, 0.15) is 42.5 Å². The molecule has 0 unspecified atom stereocenters. The van der Waals surface area contributed by atoms with Crippen LogP contribution in [0.5, 0.6) is 0 Å². The van der Waals surface area contributed by atoms with E-state index in [0.29, 0.717) is 11.5 Å². The van der Waals surface area contributed by atoms with Crippen LogP contribution in [0.25, 0.3) is 0 Å². The molecule has 4 rings (SSSR count). The third kappa shape index (κ3) is 1.88. The van der Waals surface area contributed by atoms with Crippen LogP contribution in [-0.4, -0.2) is 11.7 Å². The van der Waals surface area contributed by atoms with Crippen LogP contribution < -0.4 is 0 Å². The molecule has 20 heavy (non-hydrogen) atoms. The molecule has 0 radical (unpaired) electrons. The summed E-state index contributed by atoms with van der Waals surface area (Å²) in [7, 11) is 0. The van der Waals surface area contributed by atoms with Gasteiger partial charge in [-0.3, -0.25) is 0 Å². The average Bonchev–Trinajstić information content (AvgIpc) is 3.17. The first-order valence-electron chi connectivity index (χ1n) is 7.66. The van der Waals surface area contributed by atoms with Crippen molar-refractivity contribution in [2.45, 2.75) is 32.1 Å². The molecule has 3 aliphatic carbocycles. The van der Waals surface area contributed by atoms with Gasteiger partial charge in [0, 0.05) is 5.92 Å². The number of carbonyl (C=O) groups is 1. The highest BCUT2D eigenvalue weighted by Gasteiger charge is 2.52. The molecule has 0 aromatic heterocycles. The largest absolute Gasteiger partial charge is 0.365 e. The van der Waals surface area contributed by atoms with Crippen LogP contribution >= 0.6 is 0 Å². The van der Waals surface area contributed by atoms with E-state index in [1.54, 1.807) is 12.1 Å².